The molecule has 1 amide bonds. The standard InChI is InChI=1S/C18H13ClN2O3/c19-15-4-2-1-3-12(15)9-13(11-20)18(22)21-14-5-6-16-17(10-14)24-8-7-23-16/h1-6,9-10H,7-8H2,(H,21,22). The molecule has 5 nitrogen and oxygen atoms in total. The molecule has 0 aromatic heterocycles. The zero-order valence-corrected chi connectivity index (χ0v) is 13.3. The number of ether oxygens (including phenoxy) is 2. The van der Waals surface area contributed by atoms with Crippen molar-refractivity contribution in [2.45, 2.75) is 0 Å². The molecule has 6 heteroatoms. The molecule has 3 rings (SSSR count). The predicted molar refractivity (Wildman–Crippen MR) is 91.1 cm³/mol. The molecule has 1 N–H and O–H groups in total. The summed E-state index contributed by atoms with van der Waals surface area (Å²) in [4.78, 5) is 12.3. The van der Waals surface area contributed by atoms with Crippen LogP contribution in [0.3, 0.4) is 0 Å². The molecule has 1 aliphatic heterocycles. The Hall–Kier alpha value is -2.97. The first-order chi connectivity index (χ1) is 11.7. The van der Waals surface area contributed by atoms with Gasteiger partial charge in [0.15, 0.2) is 11.5 Å². The van der Waals surface area contributed by atoms with E-state index < -0.39 is 5.91 Å². The number of anilines is 1. The number of nitrogens with one attached hydrogen (secondary N) is 1. The second kappa shape index (κ2) is 7.07. The van der Waals surface area contributed by atoms with E-state index >= 15 is 0 Å². The maximum Gasteiger partial charge on any atom is 0.266 e. The minimum atomic E-state index is -0.519. The number of hydrogen-bond acceptors (Lipinski definition) is 4. The average molecular weight is 341 g/mol. The van der Waals surface area contributed by atoms with Crippen LogP contribution < -0.4 is 14.8 Å². The second-order valence-corrected chi connectivity index (χ2v) is 5.41. The molecule has 2 aromatic carbocycles. The summed E-state index contributed by atoms with van der Waals surface area (Å²) < 4.78 is 10.9. The summed E-state index contributed by atoms with van der Waals surface area (Å²) >= 11 is 6.05. The van der Waals surface area contributed by atoms with Crippen LogP contribution in [0.5, 0.6) is 11.5 Å². The summed E-state index contributed by atoms with van der Waals surface area (Å²) in [6.45, 7) is 0.956. The maximum absolute atomic E-state index is 12.3. The first kappa shape index (κ1) is 15.9. The van der Waals surface area contributed by atoms with Crippen molar-refractivity contribution in [3.05, 3.63) is 58.6 Å². The van der Waals surface area contributed by atoms with Crippen molar-refractivity contribution in [2.75, 3.05) is 18.5 Å². The Morgan fingerprint density at radius 2 is 1.92 bits per heavy atom. The molecule has 0 saturated carbocycles. The van der Waals surface area contributed by atoms with Gasteiger partial charge in [0.1, 0.15) is 24.9 Å². The van der Waals surface area contributed by atoms with E-state index in [1.54, 1.807) is 42.5 Å². The number of hydrogen-bond donors (Lipinski definition) is 1. The topological polar surface area (TPSA) is 71.4 Å². The minimum absolute atomic E-state index is 0.0435. The molecule has 24 heavy (non-hydrogen) atoms. The van der Waals surface area contributed by atoms with Crippen LogP contribution in [0.1, 0.15) is 5.56 Å². The summed E-state index contributed by atoms with van der Waals surface area (Å²) in [6.07, 6.45) is 1.45. The Kier molecular flexibility index (Phi) is 4.69. The van der Waals surface area contributed by atoms with Crippen LogP contribution in [0.4, 0.5) is 5.69 Å². The van der Waals surface area contributed by atoms with Crippen molar-refractivity contribution in [3.8, 4) is 17.6 Å². The predicted octanol–water partition coefficient (Wildman–Crippen LogP) is 3.66. The highest BCUT2D eigenvalue weighted by atomic mass is 35.5. The van der Waals surface area contributed by atoms with Crippen molar-refractivity contribution in [3.63, 3.8) is 0 Å². The molecule has 1 aliphatic rings. The molecule has 0 fully saturated rings. The Morgan fingerprint density at radius 3 is 2.67 bits per heavy atom. The lowest BCUT2D eigenvalue weighted by molar-refractivity contribution is -0.112. The first-order valence-electron chi connectivity index (χ1n) is 7.25. The van der Waals surface area contributed by atoms with E-state index in [9.17, 15) is 10.1 Å². The van der Waals surface area contributed by atoms with Crippen molar-refractivity contribution in [2.24, 2.45) is 0 Å². The van der Waals surface area contributed by atoms with E-state index in [4.69, 9.17) is 21.1 Å². The van der Waals surface area contributed by atoms with Gasteiger partial charge >= 0.3 is 0 Å². The van der Waals surface area contributed by atoms with Gasteiger partial charge in [-0.15, -0.1) is 0 Å². The van der Waals surface area contributed by atoms with Crippen molar-refractivity contribution < 1.29 is 14.3 Å². The van der Waals surface area contributed by atoms with Gasteiger partial charge in [-0.2, -0.15) is 5.26 Å². The molecule has 0 unspecified atom stereocenters. The molecule has 2 aromatic rings. The second-order valence-electron chi connectivity index (χ2n) is 5.00. The Labute approximate surface area is 144 Å². The molecule has 0 spiro atoms. The summed E-state index contributed by atoms with van der Waals surface area (Å²) in [6, 6.07) is 14.0. The summed E-state index contributed by atoms with van der Waals surface area (Å²) in [5.74, 6) is 0.674. The number of carbonyl (C=O) groups is 1. The number of fused-ring (bicyclic) bond motifs is 1. The molecule has 120 valence electrons. The fraction of sp³-hybridized carbons (Fsp3) is 0.111. The number of halogens is 1. The molecule has 0 saturated heterocycles. The van der Waals surface area contributed by atoms with Crippen LogP contribution in [0.15, 0.2) is 48.0 Å². The zero-order valence-electron chi connectivity index (χ0n) is 12.6. The normalized spacial score (nSPS) is 13.1. The Bertz CT molecular complexity index is 856. The van der Waals surface area contributed by atoms with E-state index in [-0.39, 0.29) is 5.57 Å². The molecular weight excluding hydrogens is 328 g/mol. The third-order valence-corrected chi connectivity index (χ3v) is 3.71. The fourth-order valence-corrected chi connectivity index (χ4v) is 2.41. The van der Waals surface area contributed by atoms with Gasteiger partial charge < -0.3 is 14.8 Å². The van der Waals surface area contributed by atoms with E-state index in [1.165, 1.54) is 6.08 Å². The van der Waals surface area contributed by atoms with Crippen molar-refractivity contribution >= 4 is 29.3 Å². The van der Waals surface area contributed by atoms with Gasteiger partial charge in [0.05, 0.1) is 0 Å². The highest BCUT2D eigenvalue weighted by Crippen LogP contribution is 2.32. The minimum Gasteiger partial charge on any atom is -0.486 e. The number of nitrogens with zero attached hydrogens (tertiary/aromatic N) is 1. The van der Waals surface area contributed by atoms with Crippen LogP contribution in [0.25, 0.3) is 6.08 Å². The first-order valence-corrected chi connectivity index (χ1v) is 7.62. The van der Waals surface area contributed by atoms with Gasteiger partial charge in [-0.3, -0.25) is 4.79 Å². The van der Waals surface area contributed by atoms with Gasteiger partial charge in [-0.25, -0.2) is 0 Å². The van der Waals surface area contributed by atoms with Crippen LogP contribution >= 0.6 is 11.6 Å². The lowest BCUT2D eigenvalue weighted by atomic mass is 10.1. The number of carbonyl (C=O) groups excluding carboxylic acids is 1. The molecule has 1 heterocycles. The molecule has 0 aliphatic carbocycles. The van der Waals surface area contributed by atoms with Gasteiger partial charge in [-0.1, -0.05) is 29.8 Å². The Morgan fingerprint density at radius 1 is 1.17 bits per heavy atom. The van der Waals surface area contributed by atoms with Gasteiger partial charge in [0, 0.05) is 16.8 Å². The zero-order chi connectivity index (χ0) is 16.9. The lowest BCUT2D eigenvalue weighted by Gasteiger charge is -2.18. The van der Waals surface area contributed by atoms with Gasteiger partial charge in [-0.05, 0) is 29.8 Å². The molecule has 0 bridgehead atoms. The summed E-state index contributed by atoms with van der Waals surface area (Å²) in [5.41, 5.74) is 1.08. The third-order valence-electron chi connectivity index (χ3n) is 3.37. The molecule has 0 radical (unpaired) electrons. The maximum atomic E-state index is 12.3. The fourth-order valence-electron chi connectivity index (χ4n) is 2.22. The Balaban J connectivity index is 1.80. The van der Waals surface area contributed by atoms with Gasteiger partial charge in [0.25, 0.3) is 5.91 Å². The summed E-state index contributed by atoms with van der Waals surface area (Å²) in [5, 5.41) is 12.4. The number of rotatable bonds is 3. The van der Waals surface area contributed by atoms with E-state index in [0.717, 1.165) is 0 Å². The lowest BCUT2D eigenvalue weighted by Crippen LogP contribution is -2.17. The smallest absolute Gasteiger partial charge is 0.266 e. The highest BCUT2D eigenvalue weighted by Gasteiger charge is 2.15. The van der Waals surface area contributed by atoms with Gasteiger partial charge in [0.2, 0.25) is 0 Å². The van der Waals surface area contributed by atoms with E-state index in [1.807, 2.05) is 6.07 Å². The number of amides is 1. The molecule has 0 atom stereocenters. The van der Waals surface area contributed by atoms with Crippen LogP contribution in [-0.4, -0.2) is 19.1 Å². The molecular formula is C18H13ClN2O3. The van der Waals surface area contributed by atoms with Crippen molar-refractivity contribution in [1.29, 1.82) is 5.26 Å². The SMILES string of the molecule is N#CC(=Cc1ccccc1Cl)C(=O)Nc1ccc2c(c1)OCCO2. The van der Waals surface area contributed by atoms with Crippen LogP contribution in [-0.2, 0) is 4.79 Å². The number of nitriles is 1. The van der Waals surface area contributed by atoms with Crippen LogP contribution in [0, 0.1) is 11.3 Å². The van der Waals surface area contributed by atoms with Crippen molar-refractivity contribution in [1.82, 2.24) is 0 Å². The largest absolute Gasteiger partial charge is 0.486 e. The third kappa shape index (κ3) is 3.50. The van der Waals surface area contributed by atoms with Crippen LogP contribution in [0.2, 0.25) is 5.02 Å². The highest BCUT2D eigenvalue weighted by molar-refractivity contribution is 6.32. The van der Waals surface area contributed by atoms with E-state index in [0.29, 0.717) is 41.0 Å². The average Bonchev–Trinajstić information content (AvgIpc) is 2.61. The monoisotopic (exact) mass is 340 g/mol. The summed E-state index contributed by atoms with van der Waals surface area (Å²) in [7, 11) is 0. The van der Waals surface area contributed by atoms with E-state index in [2.05, 4.69) is 5.32 Å². The number of benzene rings is 2. The quantitative estimate of drug-likeness (QED) is 0.683.